The van der Waals surface area contributed by atoms with Gasteiger partial charge >= 0.3 is 0 Å². The zero-order valence-corrected chi connectivity index (χ0v) is 20.7. The molecule has 3 aromatic rings. The second-order valence-electron chi connectivity index (χ2n) is 8.86. The summed E-state index contributed by atoms with van der Waals surface area (Å²) in [6.45, 7) is 1.55. The molecule has 2 fully saturated rings. The largest absolute Gasteiger partial charge is 0.481 e. The second kappa shape index (κ2) is 8.72. The Morgan fingerprint density at radius 1 is 1.09 bits per heavy atom. The molecule has 13 heteroatoms. The summed E-state index contributed by atoms with van der Waals surface area (Å²) < 4.78 is 47.1. The minimum absolute atomic E-state index is 0.110. The van der Waals surface area contributed by atoms with Crippen LogP contribution in [0.4, 0.5) is 5.95 Å². The van der Waals surface area contributed by atoms with E-state index in [9.17, 15) is 8.42 Å². The Balaban J connectivity index is 1.46. The van der Waals surface area contributed by atoms with Gasteiger partial charge < -0.3 is 14.2 Å². The monoisotopic (exact) mass is 501 g/mol. The number of hydrogen-bond acceptors (Lipinski definition) is 10. The first kappa shape index (κ1) is 23.4. The van der Waals surface area contributed by atoms with E-state index in [1.54, 1.807) is 19.1 Å². The molecule has 2 unspecified atom stereocenters. The number of nitrogens with zero attached hydrogens (tertiary/aromatic N) is 6. The molecular weight excluding hydrogens is 474 g/mol. The topological polar surface area (TPSA) is 143 Å². The molecule has 3 aromatic heterocycles. The van der Waals surface area contributed by atoms with Crippen molar-refractivity contribution >= 4 is 16.0 Å². The van der Waals surface area contributed by atoms with E-state index in [0.717, 1.165) is 19.3 Å². The molecule has 1 spiro atoms. The summed E-state index contributed by atoms with van der Waals surface area (Å²) in [4.78, 5) is 12.8. The molecule has 0 amide bonds. The highest BCUT2D eigenvalue weighted by atomic mass is 32.2. The molecule has 2 saturated carbocycles. The Morgan fingerprint density at radius 2 is 1.86 bits per heavy atom. The third-order valence-electron chi connectivity index (χ3n) is 6.76. The number of ether oxygens (including phenoxy) is 3. The molecule has 186 valence electrons. The zero-order chi connectivity index (χ0) is 24.8. The number of pyridine rings is 1. The number of nitrogens with one attached hydrogen (secondary N) is 1. The SMILES string of the molecule is COc1cnc(C(OC)C(C)S(=O)(=O)Nc2nnc(-c3cccc(OC)n3)n2[C@@H]2CC23CC3)cn1. The van der Waals surface area contributed by atoms with Crippen molar-refractivity contribution < 1.29 is 22.6 Å². The van der Waals surface area contributed by atoms with Gasteiger partial charge in [-0.25, -0.2) is 18.4 Å². The average Bonchev–Trinajstić information content (AvgIpc) is 3.77. The van der Waals surface area contributed by atoms with Crippen molar-refractivity contribution in [3.05, 3.63) is 36.3 Å². The zero-order valence-electron chi connectivity index (χ0n) is 19.9. The molecule has 1 N–H and O–H groups in total. The Bertz CT molecular complexity index is 1320. The summed E-state index contributed by atoms with van der Waals surface area (Å²) in [6.07, 6.45) is 5.15. The van der Waals surface area contributed by atoms with Crippen LogP contribution in [0.5, 0.6) is 11.8 Å². The van der Waals surface area contributed by atoms with E-state index in [1.165, 1.54) is 33.7 Å². The molecule has 2 aliphatic rings. The molecule has 0 aliphatic heterocycles. The van der Waals surface area contributed by atoms with Gasteiger partial charge in [-0.3, -0.25) is 14.3 Å². The van der Waals surface area contributed by atoms with E-state index in [4.69, 9.17) is 14.2 Å². The molecular formula is C22H27N7O5S. The van der Waals surface area contributed by atoms with Gasteiger partial charge in [-0.15, -0.1) is 10.2 Å². The highest BCUT2D eigenvalue weighted by Crippen LogP contribution is 2.73. The van der Waals surface area contributed by atoms with Crippen molar-refractivity contribution in [2.45, 2.75) is 43.6 Å². The average molecular weight is 502 g/mol. The van der Waals surface area contributed by atoms with Gasteiger partial charge in [-0.2, -0.15) is 0 Å². The minimum Gasteiger partial charge on any atom is -0.481 e. The number of methoxy groups -OCH3 is 3. The molecule has 3 atom stereocenters. The smallest absolute Gasteiger partial charge is 0.240 e. The van der Waals surface area contributed by atoms with Crippen molar-refractivity contribution in [3.63, 3.8) is 0 Å². The fourth-order valence-electron chi connectivity index (χ4n) is 4.39. The predicted molar refractivity (Wildman–Crippen MR) is 125 cm³/mol. The van der Waals surface area contributed by atoms with Crippen molar-refractivity contribution in [1.29, 1.82) is 0 Å². The molecule has 0 aromatic carbocycles. The van der Waals surface area contributed by atoms with Crippen molar-refractivity contribution in [3.8, 4) is 23.3 Å². The normalized spacial score (nSPS) is 19.7. The van der Waals surface area contributed by atoms with Crippen LogP contribution < -0.4 is 14.2 Å². The van der Waals surface area contributed by atoms with E-state index in [2.05, 4.69) is 29.9 Å². The van der Waals surface area contributed by atoms with Gasteiger partial charge in [-0.1, -0.05) is 6.07 Å². The Hall–Kier alpha value is -3.32. The Morgan fingerprint density at radius 3 is 2.46 bits per heavy atom. The van der Waals surface area contributed by atoms with E-state index in [-0.39, 0.29) is 17.4 Å². The molecule has 0 radical (unpaired) electrons. The van der Waals surface area contributed by atoms with Crippen molar-refractivity contribution in [2.24, 2.45) is 5.41 Å². The van der Waals surface area contributed by atoms with E-state index in [0.29, 0.717) is 29.0 Å². The molecule has 0 bridgehead atoms. The van der Waals surface area contributed by atoms with Crippen LogP contribution in [0.25, 0.3) is 11.5 Å². The van der Waals surface area contributed by atoms with Crippen LogP contribution in [0.1, 0.15) is 44.0 Å². The van der Waals surface area contributed by atoms with Crippen LogP contribution in [0.3, 0.4) is 0 Å². The lowest BCUT2D eigenvalue weighted by Crippen LogP contribution is -2.33. The standard InChI is InChI=1S/C22H27N7O5S/c1-13(19(34-4)15-11-24-18(33-3)12-23-15)35(30,31)28-21-27-26-20(14-6-5-7-17(25-14)32-2)29(21)16-10-22(16)8-9-22/h5-7,11-13,16,19H,8-10H2,1-4H3,(H,27,28)/t13?,16-,19?/m1/s1. The lowest BCUT2D eigenvalue weighted by molar-refractivity contribution is 0.0984. The summed E-state index contributed by atoms with van der Waals surface area (Å²) in [5, 5.41) is 7.50. The molecule has 2 aliphatic carbocycles. The van der Waals surface area contributed by atoms with Gasteiger partial charge in [0.25, 0.3) is 0 Å². The van der Waals surface area contributed by atoms with E-state index >= 15 is 0 Å². The van der Waals surface area contributed by atoms with Crippen LogP contribution in [-0.4, -0.2) is 64.7 Å². The van der Waals surface area contributed by atoms with Crippen molar-refractivity contribution in [1.82, 2.24) is 29.7 Å². The quantitative estimate of drug-likeness (QED) is 0.440. The first-order valence-corrected chi connectivity index (χ1v) is 12.7. The van der Waals surface area contributed by atoms with Gasteiger partial charge in [0.05, 0.1) is 32.3 Å². The van der Waals surface area contributed by atoms with E-state index < -0.39 is 21.4 Å². The third kappa shape index (κ3) is 4.29. The van der Waals surface area contributed by atoms with Gasteiger partial charge in [0, 0.05) is 19.2 Å². The highest BCUT2D eigenvalue weighted by Gasteiger charge is 2.65. The fourth-order valence-corrected chi connectivity index (χ4v) is 5.54. The van der Waals surface area contributed by atoms with Crippen LogP contribution in [-0.2, 0) is 14.8 Å². The van der Waals surface area contributed by atoms with Crippen LogP contribution in [0.15, 0.2) is 30.6 Å². The number of anilines is 1. The van der Waals surface area contributed by atoms with Crippen LogP contribution in [0.2, 0.25) is 0 Å². The maximum absolute atomic E-state index is 13.4. The maximum atomic E-state index is 13.4. The second-order valence-corrected chi connectivity index (χ2v) is 10.9. The van der Waals surface area contributed by atoms with Gasteiger partial charge in [0.15, 0.2) is 5.82 Å². The lowest BCUT2D eigenvalue weighted by Gasteiger charge is -2.22. The predicted octanol–water partition coefficient (Wildman–Crippen LogP) is 2.39. The molecule has 0 saturated heterocycles. The first-order chi connectivity index (χ1) is 16.8. The van der Waals surface area contributed by atoms with E-state index in [1.807, 2.05) is 10.6 Å². The Labute approximate surface area is 203 Å². The van der Waals surface area contributed by atoms with Gasteiger partial charge in [0.1, 0.15) is 17.0 Å². The number of aromatic nitrogens is 6. The number of hydrogen-bond donors (Lipinski definition) is 1. The molecule has 12 nitrogen and oxygen atoms in total. The highest BCUT2D eigenvalue weighted by molar-refractivity contribution is 7.93. The maximum Gasteiger partial charge on any atom is 0.240 e. The Kier molecular flexibility index (Phi) is 5.83. The summed E-state index contributed by atoms with van der Waals surface area (Å²) in [5.41, 5.74) is 1.13. The van der Waals surface area contributed by atoms with Crippen LogP contribution in [0, 0.1) is 5.41 Å². The first-order valence-electron chi connectivity index (χ1n) is 11.2. The summed E-state index contributed by atoms with van der Waals surface area (Å²) in [7, 11) is 0.488. The molecule has 5 rings (SSSR count). The summed E-state index contributed by atoms with van der Waals surface area (Å²) in [5.74, 6) is 1.41. The minimum atomic E-state index is -3.96. The summed E-state index contributed by atoms with van der Waals surface area (Å²) >= 11 is 0. The third-order valence-corrected chi connectivity index (χ3v) is 8.45. The molecule has 35 heavy (non-hydrogen) atoms. The fraction of sp³-hybridized carbons (Fsp3) is 0.500. The lowest BCUT2D eigenvalue weighted by atomic mass is 10.2. The number of rotatable bonds is 10. The molecule has 3 heterocycles. The van der Waals surface area contributed by atoms with Gasteiger partial charge in [0.2, 0.25) is 27.7 Å². The van der Waals surface area contributed by atoms with Crippen LogP contribution >= 0.6 is 0 Å². The number of sulfonamides is 1. The van der Waals surface area contributed by atoms with Crippen molar-refractivity contribution in [2.75, 3.05) is 26.1 Å². The summed E-state index contributed by atoms with van der Waals surface area (Å²) in [6, 6.07) is 5.46. The van der Waals surface area contributed by atoms with Gasteiger partial charge in [-0.05, 0) is 37.7 Å².